The summed E-state index contributed by atoms with van der Waals surface area (Å²) < 4.78 is 26.5. The van der Waals surface area contributed by atoms with Crippen molar-refractivity contribution in [1.29, 1.82) is 0 Å². The van der Waals surface area contributed by atoms with E-state index in [4.69, 9.17) is 0 Å². The second kappa shape index (κ2) is 3.51. The summed E-state index contributed by atoms with van der Waals surface area (Å²) in [5, 5.41) is 3.75. The van der Waals surface area contributed by atoms with Gasteiger partial charge in [0.2, 0.25) is 0 Å². The van der Waals surface area contributed by atoms with Crippen molar-refractivity contribution in [3.8, 4) is 0 Å². The van der Waals surface area contributed by atoms with E-state index in [-0.39, 0.29) is 5.69 Å². The summed E-state index contributed by atoms with van der Waals surface area (Å²) >= 11 is 3.08. The van der Waals surface area contributed by atoms with E-state index < -0.39 is 6.43 Å². The highest BCUT2D eigenvalue weighted by Crippen LogP contribution is 2.28. The molecule has 0 aliphatic rings. The van der Waals surface area contributed by atoms with Crippen LogP contribution in [0.25, 0.3) is 0 Å². The van der Waals surface area contributed by atoms with Crippen molar-refractivity contribution >= 4 is 15.9 Å². The molecule has 1 aromatic rings. The molecule has 0 N–H and O–H groups in total. The predicted molar refractivity (Wildman–Crippen MR) is 45.3 cm³/mol. The quantitative estimate of drug-likeness (QED) is 0.775. The van der Waals surface area contributed by atoms with Gasteiger partial charge in [-0.25, -0.2) is 8.78 Å². The van der Waals surface area contributed by atoms with Gasteiger partial charge in [0.05, 0.1) is 4.47 Å². The van der Waals surface area contributed by atoms with Crippen molar-refractivity contribution in [1.82, 2.24) is 9.78 Å². The number of aryl methyl sites for hydroxylation is 1. The Balaban J connectivity index is 3.16. The van der Waals surface area contributed by atoms with Gasteiger partial charge in [0.25, 0.3) is 6.43 Å². The summed E-state index contributed by atoms with van der Waals surface area (Å²) in [4.78, 5) is 0. The minimum atomic E-state index is -2.51. The Labute approximate surface area is 77.7 Å². The van der Waals surface area contributed by atoms with Gasteiger partial charge in [0, 0.05) is 12.2 Å². The van der Waals surface area contributed by atoms with Gasteiger partial charge >= 0.3 is 0 Å². The fraction of sp³-hybridized carbons (Fsp3) is 0.571. The third-order valence-electron chi connectivity index (χ3n) is 1.66. The molecule has 0 atom stereocenters. The lowest BCUT2D eigenvalue weighted by Crippen LogP contribution is -1.99. The summed E-state index contributed by atoms with van der Waals surface area (Å²) in [5.74, 6) is 0. The Morgan fingerprint density at radius 3 is 2.42 bits per heavy atom. The van der Waals surface area contributed by atoms with Crippen LogP contribution in [-0.4, -0.2) is 9.78 Å². The van der Waals surface area contributed by atoms with Crippen LogP contribution in [0.2, 0.25) is 0 Å². The van der Waals surface area contributed by atoms with Gasteiger partial charge in [-0.15, -0.1) is 0 Å². The second-order valence-electron chi connectivity index (χ2n) is 2.40. The fourth-order valence-corrected chi connectivity index (χ4v) is 1.45. The Bertz CT molecular complexity index is 283. The van der Waals surface area contributed by atoms with Crippen molar-refractivity contribution in [2.75, 3.05) is 0 Å². The van der Waals surface area contributed by atoms with E-state index in [0.717, 1.165) is 5.69 Å². The first kappa shape index (κ1) is 9.64. The van der Waals surface area contributed by atoms with Crippen LogP contribution in [-0.2, 0) is 6.54 Å². The number of alkyl halides is 2. The highest BCUT2D eigenvalue weighted by Gasteiger charge is 2.19. The molecule has 0 amide bonds. The lowest BCUT2D eigenvalue weighted by atomic mass is 10.4. The third-order valence-corrected chi connectivity index (χ3v) is 2.64. The molecule has 0 aliphatic heterocycles. The highest BCUT2D eigenvalue weighted by molar-refractivity contribution is 9.10. The SMILES string of the molecule is CCn1nc(C(F)F)c(Br)c1C. The molecule has 0 bridgehead atoms. The van der Waals surface area contributed by atoms with Gasteiger partial charge < -0.3 is 0 Å². The van der Waals surface area contributed by atoms with Crippen LogP contribution in [0.1, 0.15) is 24.7 Å². The standard InChI is InChI=1S/C7H9BrF2N2/c1-3-12-4(2)5(8)6(11-12)7(9)10/h7H,3H2,1-2H3. The average molecular weight is 239 g/mol. The van der Waals surface area contributed by atoms with Gasteiger partial charge in [0.15, 0.2) is 0 Å². The van der Waals surface area contributed by atoms with Gasteiger partial charge in [-0.1, -0.05) is 0 Å². The number of halogens is 3. The summed E-state index contributed by atoms with van der Waals surface area (Å²) in [6, 6.07) is 0. The molecule has 5 heteroatoms. The normalized spacial score (nSPS) is 11.2. The Kier molecular flexibility index (Phi) is 2.82. The van der Waals surface area contributed by atoms with E-state index in [1.165, 1.54) is 0 Å². The minimum Gasteiger partial charge on any atom is -0.269 e. The monoisotopic (exact) mass is 238 g/mol. The van der Waals surface area contributed by atoms with Crippen LogP contribution in [0.4, 0.5) is 8.78 Å². The van der Waals surface area contributed by atoms with Crippen LogP contribution in [0.3, 0.4) is 0 Å². The maximum absolute atomic E-state index is 12.3. The molecule has 1 heterocycles. The second-order valence-corrected chi connectivity index (χ2v) is 3.19. The predicted octanol–water partition coefficient (Wildman–Crippen LogP) is 2.91. The molecule has 12 heavy (non-hydrogen) atoms. The Hall–Kier alpha value is -0.450. The number of aromatic nitrogens is 2. The van der Waals surface area contributed by atoms with Crippen LogP contribution in [0.15, 0.2) is 4.47 Å². The molecule has 0 fully saturated rings. The van der Waals surface area contributed by atoms with Gasteiger partial charge in [-0.2, -0.15) is 5.10 Å². The molecule has 0 aromatic carbocycles. The van der Waals surface area contributed by atoms with E-state index in [0.29, 0.717) is 11.0 Å². The van der Waals surface area contributed by atoms with E-state index in [2.05, 4.69) is 21.0 Å². The van der Waals surface area contributed by atoms with Crippen LogP contribution >= 0.6 is 15.9 Å². The molecule has 1 aromatic heterocycles. The molecule has 0 saturated carbocycles. The number of rotatable bonds is 2. The van der Waals surface area contributed by atoms with E-state index >= 15 is 0 Å². The molecule has 0 radical (unpaired) electrons. The molecule has 0 unspecified atom stereocenters. The van der Waals surface area contributed by atoms with E-state index in [1.54, 1.807) is 11.6 Å². The van der Waals surface area contributed by atoms with Gasteiger partial charge in [-0.3, -0.25) is 4.68 Å². The molecule has 0 aliphatic carbocycles. The van der Waals surface area contributed by atoms with Gasteiger partial charge in [-0.05, 0) is 29.8 Å². The zero-order chi connectivity index (χ0) is 9.30. The highest BCUT2D eigenvalue weighted by atomic mass is 79.9. The van der Waals surface area contributed by atoms with Crippen molar-refractivity contribution in [3.63, 3.8) is 0 Å². The van der Waals surface area contributed by atoms with Crippen LogP contribution in [0, 0.1) is 6.92 Å². The zero-order valence-corrected chi connectivity index (χ0v) is 8.40. The van der Waals surface area contributed by atoms with Crippen molar-refractivity contribution < 1.29 is 8.78 Å². The van der Waals surface area contributed by atoms with Crippen LogP contribution < -0.4 is 0 Å². The Morgan fingerprint density at radius 1 is 1.58 bits per heavy atom. The van der Waals surface area contributed by atoms with Crippen molar-refractivity contribution in [2.45, 2.75) is 26.8 Å². The number of hydrogen-bond donors (Lipinski definition) is 0. The first-order chi connectivity index (χ1) is 5.57. The molecule has 2 nitrogen and oxygen atoms in total. The summed E-state index contributed by atoms with van der Waals surface area (Å²) in [5.41, 5.74) is 0.571. The first-order valence-electron chi connectivity index (χ1n) is 3.58. The smallest absolute Gasteiger partial charge is 0.269 e. The fourth-order valence-electron chi connectivity index (χ4n) is 0.995. The molecule has 0 spiro atoms. The molecule has 68 valence electrons. The molecule has 1 rings (SSSR count). The molecule has 0 saturated heterocycles. The zero-order valence-electron chi connectivity index (χ0n) is 6.81. The van der Waals surface area contributed by atoms with Crippen molar-refractivity contribution in [2.24, 2.45) is 0 Å². The summed E-state index contributed by atoms with van der Waals surface area (Å²) in [6.45, 7) is 4.23. The lowest BCUT2D eigenvalue weighted by molar-refractivity contribution is 0.144. The Morgan fingerprint density at radius 2 is 2.17 bits per heavy atom. The maximum Gasteiger partial charge on any atom is 0.283 e. The largest absolute Gasteiger partial charge is 0.283 e. The minimum absolute atomic E-state index is 0.172. The number of nitrogens with zero attached hydrogens (tertiary/aromatic N) is 2. The van der Waals surface area contributed by atoms with Crippen LogP contribution in [0.5, 0.6) is 0 Å². The molecular formula is C7H9BrF2N2. The van der Waals surface area contributed by atoms with Gasteiger partial charge in [0.1, 0.15) is 5.69 Å². The first-order valence-corrected chi connectivity index (χ1v) is 4.38. The summed E-state index contributed by atoms with van der Waals surface area (Å²) in [6.07, 6.45) is -2.51. The third kappa shape index (κ3) is 1.50. The van der Waals surface area contributed by atoms with E-state index in [9.17, 15) is 8.78 Å². The molecular weight excluding hydrogens is 230 g/mol. The number of hydrogen-bond acceptors (Lipinski definition) is 1. The topological polar surface area (TPSA) is 17.8 Å². The lowest BCUT2D eigenvalue weighted by Gasteiger charge is -1.96. The van der Waals surface area contributed by atoms with Crippen molar-refractivity contribution in [3.05, 3.63) is 15.9 Å². The average Bonchev–Trinajstić information content (AvgIpc) is 2.30. The maximum atomic E-state index is 12.3. The summed E-state index contributed by atoms with van der Waals surface area (Å²) in [7, 11) is 0. The van der Waals surface area contributed by atoms with E-state index in [1.807, 2.05) is 6.92 Å².